The Morgan fingerprint density at radius 1 is 1.22 bits per heavy atom. The third-order valence-corrected chi connectivity index (χ3v) is 4.08. The second-order valence-electron chi connectivity index (χ2n) is 5.07. The van der Waals surface area contributed by atoms with Crippen LogP contribution >= 0.6 is 35.7 Å². The molecule has 0 fully saturated rings. The van der Waals surface area contributed by atoms with Crippen LogP contribution in [0.3, 0.4) is 0 Å². The molecule has 4 nitrogen and oxygen atoms in total. The Labute approximate surface area is 162 Å². The van der Waals surface area contributed by atoms with E-state index >= 15 is 0 Å². The Kier molecular flexibility index (Phi) is 14.8. The largest absolute Gasteiger partial charge is 0.385 e. The molecule has 1 aromatic rings. The Morgan fingerprint density at radius 3 is 2.61 bits per heavy atom. The highest BCUT2D eigenvalue weighted by Crippen LogP contribution is 2.12. The predicted octanol–water partition coefficient (Wildman–Crippen LogP) is 3.44. The van der Waals surface area contributed by atoms with Crippen molar-refractivity contribution in [1.29, 1.82) is 0 Å². The molecule has 0 saturated heterocycles. The average molecular weight is 451 g/mol. The molecule has 0 atom stereocenters. The number of aryl methyl sites for hydroxylation is 1. The van der Waals surface area contributed by atoms with E-state index in [0.29, 0.717) is 0 Å². The third-order valence-electron chi connectivity index (χ3n) is 3.05. The van der Waals surface area contributed by atoms with Crippen LogP contribution in [0.1, 0.15) is 24.5 Å². The lowest BCUT2D eigenvalue weighted by Crippen LogP contribution is -2.38. The van der Waals surface area contributed by atoms with Crippen LogP contribution in [-0.4, -0.2) is 45.1 Å². The molecule has 0 heterocycles. The van der Waals surface area contributed by atoms with E-state index in [2.05, 4.69) is 53.7 Å². The van der Waals surface area contributed by atoms with E-state index < -0.39 is 0 Å². The lowest BCUT2D eigenvalue weighted by Gasteiger charge is -2.11. The van der Waals surface area contributed by atoms with E-state index in [4.69, 9.17) is 4.74 Å². The Balaban J connectivity index is 0.00000484. The van der Waals surface area contributed by atoms with Gasteiger partial charge in [0.15, 0.2) is 5.96 Å². The molecule has 132 valence electrons. The number of halogens is 1. The third kappa shape index (κ3) is 11.7. The van der Waals surface area contributed by atoms with Crippen molar-refractivity contribution in [1.82, 2.24) is 10.6 Å². The van der Waals surface area contributed by atoms with Gasteiger partial charge in [-0.3, -0.25) is 4.99 Å². The predicted molar refractivity (Wildman–Crippen MR) is 113 cm³/mol. The quantitative estimate of drug-likeness (QED) is 0.248. The van der Waals surface area contributed by atoms with Crippen LogP contribution in [0.25, 0.3) is 0 Å². The summed E-state index contributed by atoms with van der Waals surface area (Å²) < 4.78 is 5.03. The van der Waals surface area contributed by atoms with Gasteiger partial charge >= 0.3 is 0 Å². The molecule has 0 unspecified atom stereocenters. The number of benzene rings is 1. The maximum atomic E-state index is 5.03. The van der Waals surface area contributed by atoms with E-state index in [1.54, 1.807) is 7.11 Å². The second kappa shape index (κ2) is 15.1. The fraction of sp³-hybridized carbons (Fsp3) is 0.588. The van der Waals surface area contributed by atoms with Crippen molar-refractivity contribution in [2.45, 2.75) is 26.0 Å². The fourth-order valence-electron chi connectivity index (χ4n) is 1.86. The van der Waals surface area contributed by atoms with Gasteiger partial charge in [0, 0.05) is 44.9 Å². The van der Waals surface area contributed by atoms with Crippen LogP contribution < -0.4 is 10.6 Å². The fourth-order valence-corrected chi connectivity index (χ4v) is 2.68. The highest BCUT2D eigenvalue weighted by molar-refractivity contribution is 14.0. The van der Waals surface area contributed by atoms with Crippen molar-refractivity contribution in [2.24, 2.45) is 4.99 Å². The van der Waals surface area contributed by atoms with Crippen molar-refractivity contribution in [2.75, 3.05) is 39.1 Å². The van der Waals surface area contributed by atoms with Gasteiger partial charge in [-0.25, -0.2) is 0 Å². The van der Waals surface area contributed by atoms with Crippen LogP contribution in [0, 0.1) is 6.92 Å². The number of hydrogen-bond acceptors (Lipinski definition) is 3. The number of thioether (sulfide) groups is 1. The van der Waals surface area contributed by atoms with Crippen molar-refractivity contribution >= 4 is 41.7 Å². The van der Waals surface area contributed by atoms with Crippen molar-refractivity contribution < 1.29 is 4.74 Å². The van der Waals surface area contributed by atoms with Crippen molar-refractivity contribution in [3.05, 3.63) is 35.4 Å². The number of nitrogens with zero attached hydrogens (tertiary/aromatic N) is 1. The minimum atomic E-state index is 0. The Hall–Kier alpha value is -0.470. The van der Waals surface area contributed by atoms with Gasteiger partial charge in [0.25, 0.3) is 0 Å². The normalized spacial score (nSPS) is 11.0. The first-order valence-electron chi connectivity index (χ1n) is 7.90. The molecular weight excluding hydrogens is 421 g/mol. The molecule has 0 radical (unpaired) electrons. The molecule has 0 bridgehead atoms. The maximum absolute atomic E-state index is 5.03. The summed E-state index contributed by atoms with van der Waals surface area (Å²) in [7, 11) is 1.72. The molecule has 0 saturated carbocycles. The zero-order chi connectivity index (χ0) is 16.0. The van der Waals surface area contributed by atoms with Gasteiger partial charge < -0.3 is 15.4 Å². The topological polar surface area (TPSA) is 45.7 Å². The molecule has 0 aliphatic rings. The molecule has 2 N–H and O–H groups in total. The van der Waals surface area contributed by atoms with Gasteiger partial charge in [-0.1, -0.05) is 29.8 Å². The molecule has 0 amide bonds. The summed E-state index contributed by atoms with van der Waals surface area (Å²) >= 11 is 1.94. The summed E-state index contributed by atoms with van der Waals surface area (Å²) in [5, 5.41) is 6.63. The van der Waals surface area contributed by atoms with Gasteiger partial charge in [-0.2, -0.15) is 11.8 Å². The van der Waals surface area contributed by atoms with E-state index in [9.17, 15) is 0 Å². The van der Waals surface area contributed by atoms with E-state index in [-0.39, 0.29) is 24.0 Å². The number of methoxy groups -OCH3 is 1. The molecule has 1 rings (SSSR count). The zero-order valence-electron chi connectivity index (χ0n) is 14.4. The zero-order valence-corrected chi connectivity index (χ0v) is 17.6. The van der Waals surface area contributed by atoms with Gasteiger partial charge in [-0.05, 0) is 25.8 Å². The highest BCUT2D eigenvalue weighted by Gasteiger charge is 1.97. The van der Waals surface area contributed by atoms with Gasteiger partial charge in [0.1, 0.15) is 0 Å². The van der Waals surface area contributed by atoms with E-state index in [1.165, 1.54) is 11.1 Å². The number of aliphatic imine (C=N–C) groups is 1. The van der Waals surface area contributed by atoms with Gasteiger partial charge in [0.2, 0.25) is 0 Å². The number of rotatable bonds is 10. The van der Waals surface area contributed by atoms with Crippen LogP contribution in [0.4, 0.5) is 0 Å². The lowest BCUT2D eigenvalue weighted by atomic mass is 10.2. The summed E-state index contributed by atoms with van der Waals surface area (Å²) in [6, 6.07) is 8.75. The summed E-state index contributed by atoms with van der Waals surface area (Å²) in [6.07, 6.45) is 0.954. The first kappa shape index (κ1) is 22.5. The molecule has 0 aromatic heterocycles. The van der Waals surface area contributed by atoms with Crippen LogP contribution in [-0.2, 0) is 10.5 Å². The average Bonchev–Trinajstić information content (AvgIpc) is 2.53. The summed E-state index contributed by atoms with van der Waals surface area (Å²) in [5.41, 5.74) is 2.70. The molecule has 0 aliphatic heterocycles. The molecule has 6 heteroatoms. The monoisotopic (exact) mass is 451 g/mol. The smallest absolute Gasteiger partial charge is 0.191 e. The molecular formula is C17H30IN3OS. The highest BCUT2D eigenvalue weighted by atomic mass is 127. The Bertz CT molecular complexity index is 426. The summed E-state index contributed by atoms with van der Waals surface area (Å²) in [6.45, 7) is 7.56. The van der Waals surface area contributed by atoms with Crippen molar-refractivity contribution in [3.8, 4) is 0 Å². The Morgan fingerprint density at radius 2 is 1.96 bits per heavy atom. The summed E-state index contributed by atoms with van der Waals surface area (Å²) in [5.74, 6) is 3.02. The van der Waals surface area contributed by atoms with E-state index in [0.717, 1.165) is 50.1 Å². The van der Waals surface area contributed by atoms with Crippen LogP contribution in [0.2, 0.25) is 0 Å². The molecule has 0 aliphatic carbocycles. The first-order chi connectivity index (χ1) is 10.8. The molecule has 23 heavy (non-hydrogen) atoms. The van der Waals surface area contributed by atoms with Crippen LogP contribution in [0.5, 0.6) is 0 Å². The SMILES string of the molecule is CCNC(=NCCCOC)NCCSCc1ccc(C)cc1.I. The van der Waals surface area contributed by atoms with Crippen molar-refractivity contribution in [3.63, 3.8) is 0 Å². The van der Waals surface area contributed by atoms with E-state index in [1.807, 2.05) is 11.8 Å². The minimum absolute atomic E-state index is 0. The standard InChI is InChI=1S/C17H29N3OS.HI/c1-4-18-17(19-10-5-12-21-3)20-11-13-22-14-16-8-6-15(2)7-9-16;/h6-9H,4-5,10-14H2,1-3H3,(H2,18,19,20);1H. The number of nitrogens with one attached hydrogen (secondary N) is 2. The van der Waals surface area contributed by atoms with Gasteiger partial charge in [0.05, 0.1) is 0 Å². The number of hydrogen-bond donors (Lipinski definition) is 2. The molecule has 1 aromatic carbocycles. The maximum Gasteiger partial charge on any atom is 0.191 e. The minimum Gasteiger partial charge on any atom is -0.385 e. The second-order valence-corrected chi connectivity index (χ2v) is 6.18. The summed E-state index contributed by atoms with van der Waals surface area (Å²) in [4.78, 5) is 4.52. The van der Waals surface area contributed by atoms with Gasteiger partial charge in [-0.15, -0.1) is 24.0 Å². The van der Waals surface area contributed by atoms with Crippen LogP contribution in [0.15, 0.2) is 29.3 Å². The lowest BCUT2D eigenvalue weighted by molar-refractivity contribution is 0.197. The number of ether oxygens (including phenoxy) is 1. The first-order valence-corrected chi connectivity index (χ1v) is 9.06. The number of guanidine groups is 1. The molecule has 0 spiro atoms.